The van der Waals surface area contributed by atoms with Crippen LogP contribution < -0.4 is 5.32 Å². The number of aromatic nitrogens is 1. The Morgan fingerprint density at radius 2 is 2.15 bits per heavy atom. The summed E-state index contributed by atoms with van der Waals surface area (Å²) in [6.07, 6.45) is 2.71. The molecule has 0 spiro atoms. The summed E-state index contributed by atoms with van der Waals surface area (Å²) in [4.78, 5) is 14.9. The Hall–Kier alpha value is -1.81. The van der Waals surface area contributed by atoms with Crippen LogP contribution in [0.15, 0.2) is 30.5 Å². The van der Waals surface area contributed by atoms with Crippen molar-refractivity contribution < 1.29 is 9.53 Å². The molecule has 0 bridgehead atoms. The first-order chi connectivity index (χ1) is 9.60. The summed E-state index contributed by atoms with van der Waals surface area (Å²) in [6, 6.07) is 8.05. The summed E-state index contributed by atoms with van der Waals surface area (Å²) in [6.45, 7) is 4.86. The molecule has 4 heteroatoms. The number of benzene rings is 1. The molecule has 1 aromatic heterocycles. The lowest BCUT2D eigenvalue weighted by Crippen LogP contribution is -2.38. The molecule has 0 aliphatic rings. The molecule has 2 rings (SSSR count). The molecule has 1 atom stereocenters. The summed E-state index contributed by atoms with van der Waals surface area (Å²) in [5, 5.41) is 4.47. The fourth-order valence-corrected chi connectivity index (χ4v) is 2.33. The van der Waals surface area contributed by atoms with Crippen molar-refractivity contribution in [3.05, 3.63) is 36.0 Å². The smallest absolute Gasteiger partial charge is 0.322 e. The monoisotopic (exact) mass is 274 g/mol. The Bertz CT molecular complexity index is 575. The highest BCUT2D eigenvalue weighted by atomic mass is 16.5. The first kappa shape index (κ1) is 14.6. The van der Waals surface area contributed by atoms with E-state index in [2.05, 4.69) is 42.3 Å². The average Bonchev–Trinajstić information content (AvgIpc) is 2.89. The summed E-state index contributed by atoms with van der Waals surface area (Å²) >= 11 is 0. The Balaban J connectivity index is 2.02. The number of hydrogen-bond acceptors (Lipinski definition) is 3. The van der Waals surface area contributed by atoms with E-state index in [0.29, 0.717) is 12.5 Å². The van der Waals surface area contributed by atoms with Crippen molar-refractivity contribution in [1.29, 1.82) is 0 Å². The lowest BCUT2D eigenvalue weighted by atomic mass is 10.0. The van der Waals surface area contributed by atoms with Crippen LogP contribution in [0.1, 0.15) is 25.8 Å². The second-order valence-corrected chi connectivity index (χ2v) is 5.49. The predicted molar refractivity (Wildman–Crippen MR) is 80.4 cm³/mol. The molecule has 4 nitrogen and oxygen atoms in total. The van der Waals surface area contributed by atoms with Crippen LogP contribution in [0.2, 0.25) is 0 Å². The van der Waals surface area contributed by atoms with E-state index in [0.717, 1.165) is 17.5 Å². The second-order valence-electron chi connectivity index (χ2n) is 5.49. The molecule has 108 valence electrons. The number of carbonyl (C=O) groups is 1. The Morgan fingerprint density at radius 3 is 2.85 bits per heavy atom. The molecule has 0 aliphatic carbocycles. The van der Waals surface area contributed by atoms with E-state index in [1.165, 1.54) is 12.5 Å². The van der Waals surface area contributed by atoms with Gasteiger partial charge in [-0.15, -0.1) is 0 Å². The second kappa shape index (κ2) is 6.57. The van der Waals surface area contributed by atoms with Gasteiger partial charge >= 0.3 is 5.97 Å². The average molecular weight is 274 g/mol. The van der Waals surface area contributed by atoms with Crippen LogP contribution in [-0.4, -0.2) is 24.1 Å². The summed E-state index contributed by atoms with van der Waals surface area (Å²) < 4.78 is 4.85. The number of hydrogen-bond donors (Lipinski definition) is 2. The van der Waals surface area contributed by atoms with Crippen LogP contribution in [0.5, 0.6) is 0 Å². The van der Waals surface area contributed by atoms with Crippen molar-refractivity contribution in [1.82, 2.24) is 10.3 Å². The zero-order chi connectivity index (χ0) is 14.5. The van der Waals surface area contributed by atoms with E-state index < -0.39 is 0 Å². The standard InChI is InChI=1S/C16H22N2O2/c1-11(2)8-15(16(19)20-3)18-10-12-4-5-14-13(9-12)6-7-17-14/h4-7,9,11,15,17-18H,8,10H2,1-3H3. The van der Waals surface area contributed by atoms with Crippen LogP contribution in [0.3, 0.4) is 0 Å². The fraction of sp³-hybridized carbons (Fsp3) is 0.438. The molecule has 0 saturated carbocycles. The lowest BCUT2D eigenvalue weighted by Gasteiger charge is -2.18. The number of nitrogens with one attached hydrogen (secondary N) is 2. The van der Waals surface area contributed by atoms with Crippen LogP contribution in [0, 0.1) is 5.92 Å². The van der Waals surface area contributed by atoms with Crippen LogP contribution in [-0.2, 0) is 16.1 Å². The maximum Gasteiger partial charge on any atom is 0.322 e. The Kier molecular flexibility index (Phi) is 4.79. The van der Waals surface area contributed by atoms with Crippen molar-refractivity contribution in [2.24, 2.45) is 5.92 Å². The van der Waals surface area contributed by atoms with Crippen molar-refractivity contribution in [2.75, 3.05) is 7.11 Å². The molecule has 2 aromatic rings. The number of ether oxygens (including phenoxy) is 1. The zero-order valence-electron chi connectivity index (χ0n) is 12.3. The van der Waals surface area contributed by atoms with E-state index in [1.54, 1.807) is 0 Å². The quantitative estimate of drug-likeness (QED) is 0.796. The van der Waals surface area contributed by atoms with Gasteiger partial charge in [-0.3, -0.25) is 4.79 Å². The largest absolute Gasteiger partial charge is 0.468 e. The van der Waals surface area contributed by atoms with E-state index in [9.17, 15) is 4.79 Å². The number of rotatable bonds is 6. The molecule has 0 saturated heterocycles. The molecule has 0 fully saturated rings. The van der Waals surface area contributed by atoms with Gasteiger partial charge in [0.05, 0.1) is 7.11 Å². The topological polar surface area (TPSA) is 54.1 Å². The van der Waals surface area contributed by atoms with Gasteiger partial charge in [-0.05, 0) is 41.5 Å². The fourth-order valence-electron chi connectivity index (χ4n) is 2.33. The van der Waals surface area contributed by atoms with Gasteiger partial charge in [-0.2, -0.15) is 0 Å². The van der Waals surface area contributed by atoms with E-state index >= 15 is 0 Å². The van der Waals surface area contributed by atoms with Crippen LogP contribution in [0.4, 0.5) is 0 Å². The third kappa shape index (κ3) is 3.61. The minimum atomic E-state index is -0.248. The van der Waals surface area contributed by atoms with Gasteiger partial charge in [0.2, 0.25) is 0 Å². The first-order valence-corrected chi connectivity index (χ1v) is 6.97. The predicted octanol–water partition coefficient (Wildman–Crippen LogP) is 2.85. The number of carbonyl (C=O) groups excluding carboxylic acids is 1. The number of esters is 1. The first-order valence-electron chi connectivity index (χ1n) is 6.97. The number of methoxy groups -OCH3 is 1. The summed E-state index contributed by atoms with van der Waals surface area (Å²) in [5.41, 5.74) is 2.29. The summed E-state index contributed by atoms with van der Waals surface area (Å²) in [7, 11) is 1.43. The molecular formula is C16H22N2O2. The third-order valence-electron chi connectivity index (χ3n) is 3.36. The number of aromatic amines is 1. The molecule has 0 radical (unpaired) electrons. The van der Waals surface area contributed by atoms with Crippen molar-refractivity contribution in [3.63, 3.8) is 0 Å². The molecule has 0 amide bonds. The van der Waals surface area contributed by atoms with Gasteiger partial charge in [-0.25, -0.2) is 0 Å². The molecule has 1 aromatic carbocycles. The van der Waals surface area contributed by atoms with Crippen LogP contribution in [0.25, 0.3) is 10.9 Å². The molecule has 20 heavy (non-hydrogen) atoms. The number of fused-ring (bicyclic) bond motifs is 1. The number of H-pyrrole nitrogens is 1. The van der Waals surface area contributed by atoms with Crippen molar-refractivity contribution in [3.8, 4) is 0 Å². The van der Waals surface area contributed by atoms with Crippen LogP contribution >= 0.6 is 0 Å². The normalized spacial score (nSPS) is 12.8. The Labute approximate surface area is 119 Å². The highest BCUT2D eigenvalue weighted by Gasteiger charge is 2.19. The van der Waals surface area contributed by atoms with Crippen molar-refractivity contribution in [2.45, 2.75) is 32.9 Å². The highest BCUT2D eigenvalue weighted by molar-refractivity contribution is 5.80. The maximum atomic E-state index is 11.8. The van der Waals surface area contributed by atoms with Crippen molar-refractivity contribution >= 4 is 16.9 Å². The minimum absolute atomic E-state index is 0.193. The molecule has 1 heterocycles. The van der Waals surface area contributed by atoms with E-state index in [-0.39, 0.29) is 12.0 Å². The molecule has 0 aliphatic heterocycles. The van der Waals surface area contributed by atoms with Gasteiger partial charge in [0.15, 0.2) is 0 Å². The van der Waals surface area contributed by atoms with E-state index in [4.69, 9.17) is 4.74 Å². The zero-order valence-corrected chi connectivity index (χ0v) is 12.3. The van der Waals surface area contributed by atoms with Gasteiger partial charge in [-0.1, -0.05) is 19.9 Å². The molecule has 1 unspecified atom stereocenters. The molecular weight excluding hydrogens is 252 g/mol. The highest BCUT2D eigenvalue weighted by Crippen LogP contribution is 2.15. The molecule has 2 N–H and O–H groups in total. The van der Waals surface area contributed by atoms with Gasteiger partial charge < -0.3 is 15.0 Å². The third-order valence-corrected chi connectivity index (χ3v) is 3.36. The van der Waals surface area contributed by atoms with E-state index in [1.807, 2.05) is 12.3 Å². The minimum Gasteiger partial charge on any atom is -0.468 e. The maximum absolute atomic E-state index is 11.8. The SMILES string of the molecule is COC(=O)C(CC(C)C)NCc1ccc2[nH]ccc2c1. The summed E-state index contributed by atoms with van der Waals surface area (Å²) in [5.74, 6) is 0.250. The Morgan fingerprint density at radius 1 is 1.35 bits per heavy atom. The van der Waals surface area contributed by atoms with Gasteiger partial charge in [0.25, 0.3) is 0 Å². The lowest BCUT2D eigenvalue weighted by molar-refractivity contribution is -0.143. The van der Waals surface area contributed by atoms with Gasteiger partial charge in [0.1, 0.15) is 6.04 Å². The van der Waals surface area contributed by atoms with Gasteiger partial charge in [0, 0.05) is 18.3 Å².